The molecule has 0 saturated heterocycles. The van der Waals surface area contributed by atoms with E-state index in [9.17, 15) is 33.5 Å². The van der Waals surface area contributed by atoms with Gasteiger partial charge in [0.15, 0.2) is 6.61 Å². The fraction of sp³-hybridized carbons (Fsp3) is 0.214. The van der Waals surface area contributed by atoms with Crippen LogP contribution in [-0.4, -0.2) is 65.5 Å². The standard InChI is InChI=1S/C42H39FN4O7S/c43-31-16-14-30(15-17-31)29-12-8-27(9-13-29)22-35-39(49)45-34(21-26-5-2-1-3-6-26)40(50)47-37(42(52)53)23-28-10-18-32(19-11-28)54-25-38(48)44-36(41(51)46-35)24-33-7-4-20-55-33/h1-20,34-37H,21-25H2,(H,44,48)(H,45,49)(H,46,51)(H,47,50)(H,52,53)/t34-,35-,36-,37-/m0/s1. The molecule has 0 aliphatic carbocycles. The minimum Gasteiger partial charge on any atom is -0.484 e. The fourth-order valence-corrected chi connectivity index (χ4v) is 6.93. The van der Waals surface area contributed by atoms with E-state index in [-0.39, 0.29) is 31.5 Å². The van der Waals surface area contributed by atoms with Crippen molar-refractivity contribution in [3.8, 4) is 16.9 Å². The van der Waals surface area contributed by atoms with E-state index in [1.807, 2.05) is 35.7 Å². The summed E-state index contributed by atoms with van der Waals surface area (Å²) in [5.74, 6) is -3.92. The molecule has 1 aromatic heterocycles. The molecule has 0 spiro atoms. The Morgan fingerprint density at radius 2 is 1.22 bits per heavy atom. The number of aliphatic carboxylic acids is 1. The van der Waals surface area contributed by atoms with Crippen molar-refractivity contribution in [2.75, 3.05) is 6.61 Å². The monoisotopic (exact) mass is 762 g/mol. The van der Waals surface area contributed by atoms with Crippen LogP contribution in [0.15, 0.2) is 121 Å². The van der Waals surface area contributed by atoms with Crippen molar-refractivity contribution < 1.29 is 38.2 Å². The van der Waals surface area contributed by atoms with Crippen molar-refractivity contribution in [3.05, 3.63) is 148 Å². The number of carbonyl (C=O) groups excluding carboxylic acids is 4. The van der Waals surface area contributed by atoms with E-state index >= 15 is 0 Å². The van der Waals surface area contributed by atoms with Gasteiger partial charge >= 0.3 is 5.97 Å². The third kappa shape index (κ3) is 10.9. The zero-order valence-corrected chi connectivity index (χ0v) is 30.4. The summed E-state index contributed by atoms with van der Waals surface area (Å²) in [5.41, 5.74) is 3.55. The zero-order chi connectivity index (χ0) is 38.7. The van der Waals surface area contributed by atoms with Crippen molar-refractivity contribution in [1.29, 1.82) is 0 Å². The Bertz CT molecular complexity index is 2090. The first kappa shape index (κ1) is 38.4. The van der Waals surface area contributed by atoms with Crippen LogP contribution in [-0.2, 0) is 49.7 Å². The molecule has 0 saturated carbocycles. The highest BCUT2D eigenvalue weighted by molar-refractivity contribution is 7.09. The lowest BCUT2D eigenvalue weighted by atomic mass is 9.99. The van der Waals surface area contributed by atoms with Gasteiger partial charge in [-0.05, 0) is 63.5 Å². The molecule has 55 heavy (non-hydrogen) atoms. The van der Waals surface area contributed by atoms with Crippen LogP contribution in [0, 0.1) is 5.82 Å². The summed E-state index contributed by atoms with van der Waals surface area (Å²) in [6.07, 6.45) is 0.0986. The maximum atomic E-state index is 14.3. The molecule has 5 N–H and O–H groups in total. The Labute approximate surface area is 320 Å². The number of hydrogen-bond donors (Lipinski definition) is 5. The number of thiophene rings is 1. The predicted molar refractivity (Wildman–Crippen MR) is 205 cm³/mol. The molecule has 5 aromatic rings. The third-order valence-corrected chi connectivity index (χ3v) is 10.0. The first-order chi connectivity index (χ1) is 26.6. The van der Waals surface area contributed by atoms with Crippen LogP contribution in [0.1, 0.15) is 21.6 Å². The highest BCUT2D eigenvalue weighted by Gasteiger charge is 2.32. The third-order valence-electron chi connectivity index (χ3n) is 9.10. The lowest BCUT2D eigenvalue weighted by molar-refractivity contribution is -0.142. The number of halogens is 1. The average Bonchev–Trinajstić information content (AvgIpc) is 3.70. The number of carboxylic acids is 1. The molecular weight excluding hydrogens is 724 g/mol. The summed E-state index contributed by atoms with van der Waals surface area (Å²) in [6.45, 7) is -0.410. The molecule has 3 heterocycles. The summed E-state index contributed by atoms with van der Waals surface area (Å²) in [4.78, 5) is 68.6. The van der Waals surface area contributed by atoms with Gasteiger partial charge in [0, 0.05) is 30.6 Å². The number of carboxylic acid groups (broad SMARTS) is 1. The lowest BCUT2D eigenvalue weighted by Crippen LogP contribution is -2.59. The number of amides is 4. The van der Waals surface area contributed by atoms with Gasteiger partial charge in [0.1, 0.15) is 35.7 Å². The van der Waals surface area contributed by atoms with E-state index in [0.29, 0.717) is 22.4 Å². The van der Waals surface area contributed by atoms with Gasteiger partial charge in [-0.2, -0.15) is 0 Å². The topological polar surface area (TPSA) is 163 Å². The van der Waals surface area contributed by atoms with Crippen LogP contribution >= 0.6 is 11.3 Å². The van der Waals surface area contributed by atoms with E-state index in [4.69, 9.17) is 4.74 Å². The van der Waals surface area contributed by atoms with Crippen LogP contribution in [0.3, 0.4) is 0 Å². The molecule has 4 atom stereocenters. The summed E-state index contributed by atoms with van der Waals surface area (Å²) in [6, 6.07) is 27.4. The van der Waals surface area contributed by atoms with Gasteiger partial charge < -0.3 is 31.1 Å². The van der Waals surface area contributed by atoms with Gasteiger partial charge in [-0.1, -0.05) is 84.9 Å². The van der Waals surface area contributed by atoms with Gasteiger partial charge in [-0.15, -0.1) is 11.3 Å². The first-order valence-electron chi connectivity index (χ1n) is 17.7. The van der Waals surface area contributed by atoms with Gasteiger partial charge in [-0.25, -0.2) is 9.18 Å². The lowest BCUT2D eigenvalue weighted by Gasteiger charge is -2.26. The molecule has 0 unspecified atom stereocenters. The Morgan fingerprint density at radius 3 is 1.80 bits per heavy atom. The molecule has 2 aliphatic heterocycles. The minimum atomic E-state index is -1.34. The molecule has 0 radical (unpaired) electrons. The molecule has 7 rings (SSSR count). The van der Waals surface area contributed by atoms with E-state index in [1.165, 1.54) is 23.5 Å². The minimum absolute atomic E-state index is 0.00451. The van der Waals surface area contributed by atoms with Crippen molar-refractivity contribution in [1.82, 2.24) is 21.3 Å². The smallest absolute Gasteiger partial charge is 0.326 e. The number of fused-ring (bicyclic) bond motifs is 16. The zero-order valence-electron chi connectivity index (χ0n) is 29.6. The van der Waals surface area contributed by atoms with Crippen molar-refractivity contribution in [2.24, 2.45) is 0 Å². The fourth-order valence-electron chi connectivity index (χ4n) is 6.18. The molecule has 2 bridgehead atoms. The first-order valence-corrected chi connectivity index (χ1v) is 18.5. The molecule has 282 valence electrons. The maximum Gasteiger partial charge on any atom is 0.326 e. The number of nitrogens with one attached hydrogen (secondary N) is 4. The van der Waals surface area contributed by atoms with Gasteiger partial charge in [0.2, 0.25) is 17.7 Å². The van der Waals surface area contributed by atoms with Crippen LogP contribution in [0.4, 0.5) is 4.39 Å². The number of benzene rings is 4. The van der Waals surface area contributed by atoms with Crippen molar-refractivity contribution in [2.45, 2.75) is 49.9 Å². The van der Waals surface area contributed by atoms with Gasteiger partial charge in [0.25, 0.3) is 5.91 Å². The van der Waals surface area contributed by atoms with Crippen LogP contribution in [0.2, 0.25) is 0 Å². The Balaban J connectivity index is 1.34. The van der Waals surface area contributed by atoms with Gasteiger partial charge in [0.05, 0.1) is 0 Å². The molecular formula is C42H39FN4O7S. The van der Waals surface area contributed by atoms with Crippen molar-refractivity contribution in [3.63, 3.8) is 0 Å². The van der Waals surface area contributed by atoms with E-state index in [1.54, 1.807) is 72.8 Å². The highest BCUT2D eigenvalue weighted by atomic mass is 32.1. The van der Waals surface area contributed by atoms with Crippen LogP contribution < -0.4 is 26.0 Å². The molecule has 4 aromatic carbocycles. The molecule has 11 nitrogen and oxygen atoms in total. The number of rotatable bonds is 8. The number of ether oxygens (including phenoxy) is 1. The molecule has 2 aliphatic rings. The molecule has 4 amide bonds. The highest BCUT2D eigenvalue weighted by Crippen LogP contribution is 2.21. The maximum absolute atomic E-state index is 14.3. The van der Waals surface area contributed by atoms with Crippen molar-refractivity contribution >= 4 is 40.9 Å². The summed E-state index contributed by atoms with van der Waals surface area (Å²) in [5, 5.41) is 22.9. The normalized spacial score (nSPS) is 19.7. The second-order valence-corrected chi connectivity index (χ2v) is 14.2. The summed E-state index contributed by atoms with van der Waals surface area (Å²) < 4.78 is 19.2. The van der Waals surface area contributed by atoms with Crippen LogP contribution in [0.25, 0.3) is 11.1 Å². The Kier molecular flexibility index (Phi) is 12.7. The van der Waals surface area contributed by atoms with Gasteiger partial charge in [-0.3, -0.25) is 19.2 Å². The Morgan fingerprint density at radius 1 is 0.655 bits per heavy atom. The predicted octanol–water partition coefficient (Wildman–Crippen LogP) is 4.24. The quantitative estimate of drug-likeness (QED) is 0.148. The second kappa shape index (κ2) is 18.1. The molecule has 0 fully saturated rings. The summed E-state index contributed by atoms with van der Waals surface area (Å²) in [7, 11) is 0. The largest absolute Gasteiger partial charge is 0.484 e. The Hall–Kier alpha value is -6.34. The summed E-state index contributed by atoms with van der Waals surface area (Å²) >= 11 is 1.41. The average molecular weight is 763 g/mol. The van der Waals surface area contributed by atoms with E-state index in [2.05, 4.69) is 21.3 Å². The van der Waals surface area contributed by atoms with E-state index < -0.39 is 60.4 Å². The van der Waals surface area contributed by atoms with Crippen LogP contribution in [0.5, 0.6) is 5.75 Å². The second-order valence-electron chi connectivity index (χ2n) is 13.2. The SMILES string of the molecule is O=C1COc2ccc(cc2)C[C@@H](C(=O)O)NC(=O)[C@H](Cc2ccccc2)NC(=O)[C@H](Cc2ccc(-c3ccc(F)cc3)cc2)NC(=O)[C@H](Cc2cccs2)N1. The number of carbonyl (C=O) groups is 5. The molecule has 13 heteroatoms. The van der Waals surface area contributed by atoms with E-state index in [0.717, 1.165) is 16.0 Å². The number of hydrogen-bond acceptors (Lipinski definition) is 7.